The summed E-state index contributed by atoms with van der Waals surface area (Å²) in [6.45, 7) is 0. The molecule has 0 N–H and O–H groups in total. The van der Waals surface area contributed by atoms with Crippen molar-refractivity contribution in [2.24, 2.45) is 0 Å². The fraction of sp³-hybridized carbons (Fsp3) is 0.833. The van der Waals surface area contributed by atoms with Gasteiger partial charge in [0.15, 0.2) is 5.69 Å². The first-order valence-corrected chi connectivity index (χ1v) is 6.45. The first-order valence-electron chi connectivity index (χ1n) is 6.45. The highest BCUT2D eigenvalue weighted by Crippen LogP contribution is 2.15. The monoisotopic (exact) mass is 224 g/mol. The molecule has 90 valence electrons. The summed E-state index contributed by atoms with van der Waals surface area (Å²) in [7, 11) is 0. The number of hydrogen-bond donors (Lipinski definition) is 0. The number of rotatable bonds is 0. The summed E-state index contributed by atoms with van der Waals surface area (Å²) < 4.78 is 4.68. The number of fused-ring (bicyclic) bond motifs is 1. The average molecular weight is 224 g/mol. The van der Waals surface area contributed by atoms with Gasteiger partial charge in [-0.15, -0.1) is 0 Å². The van der Waals surface area contributed by atoms with E-state index in [1.54, 1.807) is 0 Å². The molecule has 0 atom stereocenters. The van der Waals surface area contributed by atoms with Gasteiger partial charge in [0.25, 0.3) is 0 Å². The predicted octanol–water partition coefficient (Wildman–Crippen LogP) is 2.53. The highest BCUT2D eigenvalue weighted by molar-refractivity contribution is 5.03. The van der Waals surface area contributed by atoms with Gasteiger partial charge in [0.2, 0.25) is 5.69 Å². The van der Waals surface area contributed by atoms with Crippen molar-refractivity contribution in [3.05, 3.63) is 16.6 Å². The lowest BCUT2D eigenvalue weighted by molar-refractivity contribution is -0.808. The molecule has 4 nitrogen and oxygen atoms in total. The summed E-state index contributed by atoms with van der Waals surface area (Å²) in [4.78, 5) is 0.598. The molecule has 1 aromatic rings. The van der Waals surface area contributed by atoms with Crippen LogP contribution in [0, 0.1) is 5.21 Å². The fourth-order valence-corrected chi connectivity index (χ4v) is 2.36. The van der Waals surface area contributed by atoms with Crippen LogP contribution in [0.5, 0.6) is 0 Å². The van der Waals surface area contributed by atoms with Crippen LogP contribution in [0.1, 0.15) is 62.8 Å². The molecule has 0 aromatic carbocycles. The van der Waals surface area contributed by atoms with E-state index in [9.17, 15) is 5.21 Å². The lowest BCUT2D eigenvalue weighted by Gasteiger charge is -2.04. The molecule has 0 amide bonds. The Morgan fingerprint density at radius 3 is 2.12 bits per heavy atom. The zero-order chi connectivity index (χ0) is 11.2. The number of hydrogen-bond acceptors (Lipinski definition) is 3. The number of aromatic nitrogens is 2. The summed E-state index contributed by atoms with van der Waals surface area (Å²) in [6.07, 6.45) is 11.7. The molecule has 1 aromatic heterocycles. The van der Waals surface area contributed by atoms with Crippen LogP contribution in [0.15, 0.2) is 4.63 Å². The van der Waals surface area contributed by atoms with Gasteiger partial charge < -0.3 is 5.21 Å². The molecule has 0 aliphatic heterocycles. The van der Waals surface area contributed by atoms with E-state index in [0.717, 1.165) is 37.1 Å². The van der Waals surface area contributed by atoms with Gasteiger partial charge in [-0.1, -0.05) is 38.5 Å². The van der Waals surface area contributed by atoms with Gasteiger partial charge in [0.05, 0.1) is 0 Å². The van der Waals surface area contributed by atoms with Crippen LogP contribution in [0.25, 0.3) is 0 Å². The third-order valence-electron chi connectivity index (χ3n) is 3.36. The van der Waals surface area contributed by atoms with E-state index in [0.29, 0.717) is 4.90 Å². The van der Waals surface area contributed by atoms with E-state index in [-0.39, 0.29) is 0 Å². The standard InChI is InChI=1S/C12H20N2O2/c15-14-12-10-8-6-4-2-1-3-5-7-9-11(12)13-16-14/h1-10H2. The van der Waals surface area contributed by atoms with Crippen molar-refractivity contribution >= 4 is 0 Å². The van der Waals surface area contributed by atoms with Gasteiger partial charge in [-0.2, -0.15) is 0 Å². The largest absolute Gasteiger partial charge is 0.359 e. The smallest absolute Gasteiger partial charge is 0.221 e. The molecule has 16 heavy (non-hydrogen) atoms. The van der Waals surface area contributed by atoms with E-state index >= 15 is 0 Å². The molecular weight excluding hydrogens is 204 g/mol. The van der Waals surface area contributed by atoms with Crippen molar-refractivity contribution in [2.45, 2.75) is 64.2 Å². The molecule has 4 heteroatoms. The predicted molar refractivity (Wildman–Crippen MR) is 59.8 cm³/mol. The van der Waals surface area contributed by atoms with Crippen LogP contribution >= 0.6 is 0 Å². The first-order chi connectivity index (χ1) is 7.88. The Labute approximate surface area is 96.2 Å². The van der Waals surface area contributed by atoms with E-state index in [1.165, 1.54) is 38.5 Å². The van der Waals surface area contributed by atoms with Crippen molar-refractivity contribution in [1.82, 2.24) is 5.16 Å². The molecule has 0 radical (unpaired) electrons. The second-order valence-electron chi connectivity index (χ2n) is 4.65. The maximum Gasteiger partial charge on any atom is 0.221 e. The molecule has 0 unspecified atom stereocenters. The Bertz CT molecular complexity index is 323. The third kappa shape index (κ3) is 2.97. The van der Waals surface area contributed by atoms with Crippen molar-refractivity contribution in [1.29, 1.82) is 0 Å². The summed E-state index contributed by atoms with van der Waals surface area (Å²) in [6, 6.07) is 0. The highest BCUT2D eigenvalue weighted by atomic mass is 16.8. The third-order valence-corrected chi connectivity index (χ3v) is 3.36. The molecule has 2 rings (SSSR count). The van der Waals surface area contributed by atoms with Gasteiger partial charge in [0, 0.05) is 18.0 Å². The van der Waals surface area contributed by atoms with Crippen molar-refractivity contribution in [3.8, 4) is 0 Å². The molecular formula is C12H20N2O2. The maximum absolute atomic E-state index is 11.4. The second kappa shape index (κ2) is 5.87. The lowest BCUT2D eigenvalue weighted by atomic mass is 10.0. The molecule has 1 heterocycles. The maximum atomic E-state index is 11.4. The normalized spacial score (nSPS) is 19.5. The lowest BCUT2D eigenvalue weighted by Crippen LogP contribution is -2.28. The van der Waals surface area contributed by atoms with E-state index in [4.69, 9.17) is 0 Å². The summed E-state index contributed by atoms with van der Waals surface area (Å²) in [5.74, 6) is 0. The van der Waals surface area contributed by atoms with Crippen LogP contribution in [-0.2, 0) is 12.8 Å². The van der Waals surface area contributed by atoms with Crippen molar-refractivity contribution in [3.63, 3.8) is 0 Å². The molecule has 1 aliphatic rings. The number of nitrogens with zero attached hydrogens (tertiary/aromatic N) is 2. The highest BCUT2D eigenvalue weighted by Gasteiger charge is 2.18. The minimum atomic E-state index is 0.598. The Morgan fingerprint density at radius 1 is 0.875 bits per heavy atom. The molecule has 0 fully saturated rings. The van der Waals surface area contributed by atoms with E-state index in [2.05, 4.69) is 9.79 Å². The van der Waals surface area contributed by atoms with Gasteiger partial charge in [-0.25, -0.2) is 0 Å². The minimum Gasteiger partial charge on any atom is -0.359 e. The average Bonchev–Trinajstić information content (AvgIpc) is 2.60. The van der Waals surface area contributed by atoms with Crippen LogP contribution < -0.4 is 4.90 Å². The Balaban J connectivity index is 2.00. The fourth-order valence-electron chi connectivity index (χ4n) is 2.36. The summed E-state index contributed by atoms with van der Waals surface area (Å²) >= 11 is 0. The summed E-state index contributed by atoms with van der Waals surface area (Å²) in [5.41, 5.74) is 1.65. The zero-order valence-corrected chi connectivity index (χ0v) is 9.78. The quantitative estimate of drug-likeness (QED) is 0.636. The molecule has 0 spiro atoms. The zero-order valence-electron chi connectivity index (χ0n) is 9.78. The SMILES string of the molecule is [O-][n+]1onc2c1CCCCCCCCCC2. The topological polar surface area (TPSA) is 53.0 Å². The first kappa shape index (κ1) is 11.4. The van der Waals surface area contributed by atoms with E-state index < -0.39 is 0 Å². The van der Waals surface area contributed by atoms with Crippen molar-refractivity contribution in [2.75, 3.05) is 0 Å². The summed E-state index contributed by atoms with van der Waals surface area (Å²) in [5, 5.41) is 15.2. The second-order valence-corrected chi connectivity index (χ2v) is 4.65. The Morgan fingerprint density at radius 2 is 1.44 bits per heavy atom. The van der Waals surface area contributed by atoms with Crippen LogP contribution in [0.4, 0.5) is 0 Å². The van der Waals surface area contributed by atoms with Gasteiger partial charge in [-0.05, 0) is 17.7 Å². The van der Waals surface area contributed by atoms with E-state index in [1.807, 2.05) is 0 Å². The Hall–Kier alpha value is -1.06. The van der Waals surface area contributed by atoms with Gasteiger partial charge in [0.1, 0.15) is 0 Å². The van der Waals surface area contributed by atoms with Crippen LogP contribution in [0.2, 0.25) is 0 Å². The molecule has 0 saturated heterocycles. The van der Waals surface area contributed by atoms with Gasteiger partial charge in [-0.3, -0.25) is 4.63 Å². The molecule has 1 aliphatic carbocycles. The molecule has 0 bridgehead atoms. The molecule has 0 saturated carbocycles. The Kier molecular flexibility index (Phi) is 4.19. The minimum absolute atomic E-state index is 0.598. The van der Waals surface area contributed by atoms with Gasteiger partial charge >= 0.3 is 0 Å². The van der Waals surface area contributed by atoms with Crippen molar-refractivity contribution < 1.29 is 9.53 Å². The number of aryl methyl sites for hydroxylation is 1. The van der Waals surface area contributed by atoms with Crippen LogP contribution in [0.3, 0.4) is 0 Å². The van der Waals surface area contributed by atoms with Crippen LogP contribution in [-0.4, -0.2) is 5.16 Å².